The van der Waals surface area contributed by atoms with E-state index in [-0.39, 0.29) is 12.5 Å². The van der Waals surface area contributed by atoms with Crippen LogP contribution in [0.2, 0.25) is 0 Å². The van der Waals surface area contributed by atoms with E-state index in [1.165, 1.54) is 13.4 Å². The number of nitrogens with one attached hydrogen (secondary N) is 1. The van der Waals surface area contributed by atoms with Gasteiger partial charge in [-0.3, -0.25) is 4.79 Å². The van der Waals surface area contributed by atoms with Crippen LogP contribution in [0.15, 0.2) is 41.0 Å². The number of carbonyl (C=O) groups is 2. The van der Waals surface area contributed by atoms with E-state index < -0.39 is 5.97 Å². The van der Waals surface area contributed by atoms with E-state index in [2.05, 4.69) is 10.1 Å². The average Bonchev–Trinajstić information content (AvgIpc) is 2.92. The predicted octanol–water partition coefficient (Wildman–Crippen LogP) is 2.39. The van der Waals surface area contributed by atoms with E-state index in [1.54, 1.807) is 37.3 Å². The summed E-state index contributed by atoms with van der Waals surface area (Å²) in [7, 11) is 1.29. The van der Waals surface area contributed by atoms with Crippen molar-refractivity contribution in [2.75, 3.05) is 19.0 Å². The van der Waals surface area contributed by atoms with Crippen LogP contribution in [-0.2, 0) is 9.53 Å². The summed E-state index contributed by atoms with van der Waals surface area (Å²) in [6.45, 7) is 1.58. The Morgan fingerprint density at radius 1 is 1.29 bits per heavy atom. The zero-order valence-electron chi connectivity index (χ0n) is 11.7. The smallest absolute Gasteiger partial charge is 0.343 e. The first-order valence-corrected chi connectivity index (χ1v) is 6.24. The van der Waals surface area contributed by atoms with Crippen molar-refractivity contribution in [1.82, 2.24) is 0 Å². The van der Waals surface area contributed by atoms with Crippen LogP contribution >= 0.6 is 0 Å². The standard InChI is InChI=1S/C15H15NO5/c1-10-6-11(8-20-10)15(18)16-12-4-3-5-13(7-12)21-9-14(17)19-2/h3-8H,9H2,1-2H3,(H,16,18). The van der Waals surface area contributed by atoms with Crippen LogP contribution in [0.4, 0.5) is 5.69 Å². The maximum Gasteiger partial charge on any atom is 0.343 e. The third kappa shape index (κ3) is 4.10. The molecule has 6 heteroatoms. The van der Waals surface area contributed by atoms with E-state index in [0.29, 0.717) is 22.8 Å². The van der Waals surface area contributed by atoms with E-state index >= 15 is 0 Å². The summed E-state index contributed by atoms with van der Waals surface area (Å²) in [6.07, 6.45) is 1.39. The molecule has 0 saturated carbocycles. The van der Waals surface area contributed by atoms with Crippen LogP contribution in [0, 0.1) is 6.92 Å². The van der Waals surface area contributed by atoms with Gasteiger partial charge >= 0.3 is 5.97 Å². The summed E-state index contributed by atoms with van der Waals surface area (Å²) in [4.78, 5) is 23.0. The van der Waals surface area contributed by atoms with Crippen molar-refractivity contribution in [1.29, 1.82) is 0 Å². The minimum atomic E-state index is -0.474. The minimum Gasteiger partial charge on any atom is -0.482 e. The molecule has 0 unspecified atom stereocenters. The Hall–Kier alpha value is -2.76. The second kappa shape index (κ2) is 6.60. The number of esters is 1. The molecule has 0 spiro atoms. The zero-order valence-corrected chi connectivity index (χ0v) is 11.7. The fraction of sp³-hybridized carbons (Fsp3) is 0.200. The molecule has 1 heterocycles. The van der Waals surface area contributed by atoms with E-state index in [1.807, 2.05) is 0 Å². The van der Waals surface area contributed by atoms with Gasteiger partial charge in [0.15, 0.2) is 6.61 Å². The average molecular weight is 289 g/mol. The quantitative estimate of drug-likeness (QED) is 0.855. The summed E-state index contributed by atoms with van der Waals surface area (Å²) in [5.74, 6) is 0.368. The molecule has 6 nitrogen and oxygen atoms in total. The third-order valence-electron chi connectivity index (χ3n) is 2.67. The number of carbonyl (C=O) groups excluding carboxylic acids is 2. The lowest BCUT2D eigenvalue weighted by Crippen LogP contribution is -2.13. The van der Waals surface area contributed by atoms with Gasteiger partial charge in [-0.2, -0.15) is 0 Å². The van der Waals surface area contributed by atoms with Crippen molar-refractivity contribution in [3.63, 3.8) is 0 Å². The zero-order chi connectivity index (χ0) is 15.2. The molecule has 0 fully saturated rings. The van der Waals surface area contributed by atoms with Gasteiger partial charge in [0.2, 0.25) is 0 Å². The van der Waals surface area contributed by atoms with Gasteiger partial charge in [0.25, 0.3) is 5.91 Å². The first-order chi connectivity index (χ1) is 10.1. The first kappa shape index (κ1) is 14.6. The van der Waals surface area contributed by atoms with Crippen LogP contribution in [0.25, 0.3) is 0 Å². The lowest BCUT2D eigenvalue weighted by atomic mass is 10.2. The fourth-order valence-corrected chi connectivity index (χ4v) is 1.63. The van der Waals surface area contributed by atoms with Gasteiger partial charge < -0.3 is 19.2 Å². The second-order valence-corrected chi connectivity index (χ2v) is 4.29. The third-order valence-corrected chi connectivity index (χ3v) is 2.67. The molecule has 1 N–H and O–H groups in total. The van der Waals surface area contributed by atoms with Crippen molar-refractivity contribution >= 4 is 17.6 Å². The molecule has 0 atom stereocenters. The van der Waals surface area contributed by atoms with Crippen LogP contribution in [-0.4, -0.2) is 25.6 Å². The topological polar surface area (TPSA) is 77.8 Å². The molecule has 0 aliphatic rings. The second-order valence-electron chi connectivity index (χ2n) is 4.29. The summed E-state index contributed by atoms with van der Waals surface area (Å²) in [6, 6.07) is 8.37. The minimum absolute atomic E-state index is 0.186. The summed E-state index contributed by atoms with van der Waals surface area (Å²) in [5.41, 5.74) is 0.995. The lowest BCUT2D eigenvalue weighted by molar-refractivity contribution is -0.142. The van der Waals surface area contributed by atoms with Crippen LogP contribution in [0.1, 0.15) is 16.1 Å². The highest BCUT2D eigenvalue weighted by atomic mass is 16.6. The Labute approximate surface area is 121 Å². The normalized spacial score (nSPS) is 10.0. The highest BCUT2D eigenvalue weighted by Crippen LogP contribution is 2.18. The number of hydrogen-bond acceptors (Lipinski definition) is 5. The molecular weight excluding hydrogens is 274 g/mol. The molecule has 2 rings (SSSR count). The van der Waals surface area contributed by atoms with Gasteiger partial charge in [0.1, 0.15) is 17.8 Å². The Bertz CT molecular complexity index is 647. The maximum absolute atomic E-state index is 12.0. The molecule has 0 bridgehead atoms. The highest BCUT2D eigenvalue weighted by molar-refractivity contribution is 6.04. The van der Waals surface area contributed by atoms with Crippen molar-refractivity contribution in [3.05, 3.63) is 47.9 Å². The highest BCUT2D eigenvalue weighted by Gasteiger charge is 2.09. The molecule has 110 valence electrons. The van der Waals surface area contributed by atoms with Crippen molar-refractivity contribution < 1.29 is 23.5 Å². The fourth-order valence-electron chi connectivity index (χ4n) is 1.63. The number of benzene rings is 1. The van der Waals surface area contributed by atoms with Gasteiger partial charge in [-0.25, -0.2) is 4.79 Å². The number of hydrogen-bond donors (Lipinski definition) is 1. The first-order valence-electron chi connectivity index (χ1n) is 6.24. The molecular formula is C15H15NO5. The molecule has 0 aliphatic heterocycles. The Morgan fingerprint density at radius 2 is 2.10 bits per heavy atom. The van der Waals surface area contributed by atoms with Gasteiger partial charge in [-0.15, -0.1) is 0 Å². The van der Waals surface area contributed by atoms with Gasteiger partial charge in [0, 0.05) is 11.8 Å². The monoisotopic (exact) mass is 289 g/mol. The molecule has 2 aromatic rings. The van der Waals surface area contributed by atoms with Crippen LogP contribution < -0.4 is 10.1 Å². The number of rotatable bonds is 5. The van der Waals surface area contributed by atoms with Crippen molar-refractivity contribution in [2.24, 2.45) is 0 Å². The lowest BCUT2D eigenvalue weighted by Gasteiger charge is -2.07. The molecule has 21 heavy (non-hydrogen) atoms. The predicted molar refractivity (Wildman–Crippen MR) is 75.4 cm³/mol. The molecule has 0 saturated heterocycles. The number of aryl methyl sites for hydroxylation is 1. The number of anilines is 1. The number of amides is 1. The van der Waals surface area contributed by atoms with Gasteiger partial charge in [-0.1, -0.05) is 6.07 Å². The molecule has 1 aromatic heterocycles. The summed E-state index contributed by atoms with van der Waals surface area (Å²) in [5, 5.41) is 2.72. The van der Waals surface area contributed by atoms with Crippen molar-refractivity contribution in [2.45, 2.75) is 6.92 Å². The van der Waals surface area contributed by atoms with E-state index in [0.717, 1.165) is 0 Å². The Balaban J connectivity index is 2.00. The molecule has 1 amide bonds. The SMILES string of the molecule is COC(=O)COc1cccc(NC(=O)c2coc(C)c2)c1. The molecule has 0 radical (unpaired) electrons. The number of methoxy groups -OCH3 is 1. The van der Waals surface area contributed by atoms with Crippen molar-refractivity contribution in [3.8, 4) is 5.75 Å². The van der Waals surface area contributed by atoms with Gasteiger partial charge in [-0.05, 0) is 25.1 Å². The Morgan fingerprint density at radius 3 is 2.76 bits per heavy atom. The number of ether oxygens (including phenoxy) is 2. The summed E-state index contributed by atoms with van der Waals surface area (Å²) < 4.78 is 14.8. The molecule has 0 aliphatic carbocycles. The molecule has 1 aromatic carbocycles. The van der Waals surface area contributed by atoms with E-state index in [4.69, 9.17) is 9.15 Å². The summed E-state index contributed by atoms with van der Waals surface area (Å²) >= 11 is 0. The van der Waals surface area contributed by atoms with Crippen LogP contribution in [0.5, 0.6) is 5.75 Å². The largest absolute Gasteiger partial charge is 0.482 e. The van der Waals surface area contributed by atoms with Crippen LogP contribution in [0.3, 0.4) is 0 Å². The number of furan rings is 1. The maximum atomic E-state index is 12.0. The van der Waals surface area contributed by atoms with Gasteiger partial charge in [0.05, 0.1) is 12.7 Å². The van der Waals surface area contributed by atoms with E-state index in [9.17, 15) is 9.59 Å². The Kier molecular flexibility index (Phi) is 4.61.